The van der Waals surface area contributed by atoms with Crippen molar-refractivity contribution >= 4 is 12.1 Å². The SMILES string of the molecule is CN=C(NCCCN(C(=O)OC(C)(C)C)C(C)C)NC1CC=CC1. The number of hydrogen-bond acceptors (Lipinski definition) is 3. The summed E-state index contributed by atoms with van der Waals surface area (Å²) >= 11 is 0. The van der Waals surface area contributed by atoms with Crippen molar-refractivity contribution < 1.29 is 9.53 Å². The van der Waals surface area contributed by atoms with Gasteiger partial charge in [-0.2, -0.15) is 0 Å². The van der Waals surface area contributed by atoms with Gasteiger partial charge in [0.1, 0.15) is 5.60 Å². The predicted molar refractivity (Wildman–Crippen MR) is 99.4 cm³/mol. The first-order valence-corrected chi connectivity index (χ1v) is 8.84. The molecule has 1 aliphatic carbocycles. The fourth-order valence-corrected chi connectivity index (χ4v) is 2.46. The molecule has 1 aliphatic rings. The summed E-state index contributed by atoms with van der Waals surface area (Å²) in [5.41, 5.74) is -0.469. The molecule has 0 bridgehead atoms. The summed E-state index contributed by atoms with van der Waals surface area (Å²) in [6.07, 6.45) is 7.04. The molecule has 0 saturated heterocycles. The second-order valence-corrected chi connectivity index (χ2v) is 7.40. The van der Waals surface area contributed by atoms with Gasteiger partial charge < -0.3 is 20.3 Å². The van der Waals surface area contributed by atoms with E-state index >= 15 is 0 Å². The first kappa shape index (κ1) is 20.3. The van der Waals surface area contributed by atoms with Gasteiger partial charge in [0.25, 0.3) is 0 Å². The molecule has 0 saturated carbocycles. The first-order valence-electron chi connectivity index (χ1n) is 8.84. The molecular weight excluding hydrogens is 304 g/mol. The Balaban J connectivity index is 2.35. The fourth-order valence-electron chi connectivity index (χ4n) is 2.46. The molecule has 0 radical (unpaired) electrons. The lowest BCUT2D eigenvalue weighted by Gasteiger charge is -2.30. The van der Waals surface area contributed by atoms with Gasteiger partial charge in [0.2, 0.25) is 0 Å². The Labute approximate surface area is 146 Å². The van der Waals surface area contributed by atoms with Crippen LogP contribution in [0.15, 0.2) is 17.1 Å². The summed E-state index contributed by atoms with van der Waals surface area (Å²) in [5, 5.41) is 6.71. The van der Waals surface area contributed by atoms with Crippen LogP contribution >= 0.6 is 0 Å². The molecule has 2 N–H and O–H groups in total. The Morgan fingerprint density at radius 2 is 1.96 bits per heavy atom. The number of carbonyl (C=O) groups is 1. The molecule has 0 spiro atoms. The van der Waals surface area contributed by atoms with E-state index in [1.54, 1.807) is 11.9 Å². The van der Waals surface area contributed by atoms with Gasteiger partial charge in [-0.3, -0.25) is 4.99 Å². The molecule has 0 aliphatic heterocycles. The number of hydrogen-bond donors (Lipinski definition) is 2. The standard InChI is InChI=1S/C18H34N4O2/c1-14(2)22(17(23)24-18(3,4)5)13-9-12-20-16(19-6)21-15-10-7-8-11-15/h7-8,14-15H,9-13H2,1-6H3,(H2,19,20,21). The van der Waals surface area contributed by atoms with Crippen LogP contribution in [0.25, 0.3) is 0 Å². The number of ether oxygens (including phenoxy) is 1. The van der Waals surface area contributed by atoms with Gasteiger partial charge in [-0.1, -0.05) is 12.2 Å². The highest BCUT2D eigenvalue weighted by Crippen LogP contribution is 2.12. The summed E-state index contributed by atoms with van der Waals surface area (Å²) in [6, 6.07) is 0.548. The maximum Gasteiger partial charge on any atom is 0.410 e. The van der Waals surface area contributed by atoms with E-state index in [2.05, 4.69) is 27.8 Å². The fraction of sp³-hybridized carbons (Fsp3) is 0.778. The number of carbonyl (C=O) groups excluding carboxylic acids is 1. The van der Waals surface area contributed by atoms with Crippen LogP contribution in [0.2, 0.25) is 0 Å². The normalized spacial score (nSPS) is 15.7. The molecular formula is C18H34N4O2. The molecule has 0 fully saturated rings. The van der Waals surface area contributed by atoms with Crippen LogP contribution in [-0.2, 0) is 4.74 Å². The number of nitrogens with zero attached hydrogens (tertiary/aromatic N) is 2. The van der Waals surface area contributed by atoms with Crippen LogP contribution in [0.3, 0.4) is 0 Å². The van der Waals surface area contributed by atoms with Crippen molar-refractivity contribution in [3.63, 3.8) is 0 Å². The monoisotopic (exact) mass is 338 g/mol. The van der Waals surface area contributed by atoms with Gasteiger partial charge in [0.15, 0.2) is 5.96 Å². The number of aliphatic imine (C=N–C) groups is 1. The van der Waals surface area contributed by atoms with Gasteiger partial charge in [0.05, 0.1) is 0 Å². The third-order valence-electron chi connectivity index (χ3n) is 3.69. The Morgan fingerprint density at radius 1 is 1.33 bits per heavy atom. The number of rotatable bonds is 6. The quantitative estimate of drug-likeness (QED) is 0.338. The lowest BCUT2D eigenvalue weighted by Crippen LogP contribution is -2.44. The Morgan fingerprint density at radius 3 is 2.46 bits per heavy atom. The van der Waals surface area contributed by atoms with E-state index in [4.69, 9.17) is 4.74 Å². The summed E-state index contributed by atoms with van der Waals surface area (Å²) in [6.45, 7) is 11.1. The number of amides is 1. The highest BCUT2D eigenvalue weighted by Gasteiger charge is 2.23. The third kappa shape index (κ3) is 7.70. The molecule has 1 amide bonds. The molecule has 6 heteroatoms. The second-order valence-electron chi connectivity index (χ2n) is 7.40. The van der Waals surface area contributed by atoms with E-state index in [9.17, 15) is 4.79 Å². The summed E-state index contributed by atoms with van der Waals surface area (Å²) in [4.78, 5) is 18.3. The van der Waals surface area contributed by atoms with E-state index in [-0.39, 0.29) is 12.1 Å². The lowest BCUT2D eigenvalue weighted by atomic mass is 10.2. The molecule has 0 aromatic heterocycles. The molecule has 0 aromatic carbocycles. The van der Waals surface area contributed by atoms with Crippen LogP contribution in [-0.4, -0.2) is 54.8 Å². The minimum atomic E-state index is -0.469. The summed E-state index contributed by atoms with van der Waals surface area (Å²) < 4.78 is 5.47. The van der Waals surface area contributed by atoms with Crippen molar-refractivity contribution in [1.29, 1.82) is 0 Å². The van der Waals surface area contributed by atoms with E-state index in [0.29, 0.717) is 12.6 Å². The number of nitrogens with one attached hydrogen (secondary N) is 2. The van der Waals surface area contributed by atoms with Gasteiger partial charge >= 0.3 is 6.09 Å². The third-order valence-corrected chi connectivity index (χ3v) is 3.69. The van der Waals surface area contributed by atoms with Crippen LogP contribution in [0, 0.1) is 0 Å². The Kier molecular flexibility index (Phi) is 8.08. The maximum absolute atomic E-state index is 12.3. The lowest BCUT2D eigenvalue weighted by molar-refractivity contribution is 0.0190. The van der Waals surface area contributed by atoms with Gasteiger partial charge in [-0.05, 0) is 53.9 Å². The topological polar surface area (TPSA) is 66.0 Å². The van der Waals surface area contributed by atoms with Crippen molar-refractivity contribution in [3.05, 3.63) is 12.2 Å². The molecule has 138 valence electrons. The van der Waals surface area contributed by atoms with Crippen LogP contribution in [0.5, 0.6) is 0 Å². The highest BCUT2D eigenvalue weighted by atomic mass is 16.6. The van der Waals surface area contributed by atoms with E-state index in [1.807, 2.05) is 34.6 Å². The minimum Gasteiger partial charge on any atom is -0.444 e. The molecule has 24 heavy (non-hydrogen) atoms. The van der Waals surface area contributed by atoms with Gasteiger partial charge in [-0.25, -0.2) is 4.79 Å². The Bertz CT molecular complexity index is 444. The zero-order valence-corrected chi connectivity index (χ0v) is 16.1. The molecule has 0 unspecified atom stereocenters. The summed E-state index contributed by atoms with van der Waals surface area (Å²) in [5.74, 6) is 0.817. The van der Waals surface area contributed by atoms with Crippen LogP contribution < -0.4 is 10.6 Å². The van der Waals surface area contributed by atoms with Crippen molar-refractivity contribution in [2.24, 2.45) is 4.99 Å². The Hall–Kier alpha value is -1.72. The largest absolute Gasteiger partial charge is 0.444 e. The minimum absolute atomic E-state index is 0.113. The van der Waals surface area contributed by atoms with Gasteiger partial charge in [0, 0.05) is 32.2 Å². The zero-order chi connectivity index (χ0) is 18.2. The van der Waals surface area contributed by atoms with Gasteiger partial charge in [-0.15, -0.1) is 0 Å². The van der Waals surface area contributed by atoms with E-state index in [1.165, 1.54) is 0 Å². The smallest absolute Gasteiger partial charge is 0.410 e. The van der Waals surface area contributed by atoms with Crippen molar-refractivity contribution in [2.45, 2.75) is 71.6 Å². The number of guanidine groups is 1. The van der Waals surface area contributed by atoms with E-state index < -0.39 is 5.60 Å². The first-order chi connectivity index (χ1) is 11.2. The highest BCUT2D eigenvalue weighted by molar-refractivity contribution is 5.80. The van der Waals surface area contributed by atoms with Crippen molar-refractivity contribution in [3.8, 4) is 0 Å². The second kappa shape index (κ2) is 9.55. The molecule has 1 rings (SSSR count). The molecule has 0 atom stereocenters. The van der Waals surface area contributed by atoms with E-state index in [0.717, 1.165) is 31.8 Å². The molecule has 0 heterocycles. The molecule has 6 nitrogen and oxygen atoms in total. The van der Waals surface area contributed by atoms with Crippen LogP contribution in [0.1, 0.15) is 53.9 Å². The van der Waals surface area contributed by atoms with Crippen molar-refractivity contribution in [2.75, 3.05) is 20.1 Å². The average molecular weight is 338 g/mol. The van der Waals surface area contributed by atoms with Crippen molar-refractivity contribution in [1.82, 2.24) is 15.5 Å². The molecule has 0 aromatic rings. The zero-order valence-electron chi connectivity index (χ0n) is 16.1. The summed E-state index contributed by atoms with van der Waals surface area (Å²) in [7, 11) is 1.78. The predicted octanol–water partition coefficient (Wildman–Crippen LogP) is 2.91. The maximum atomic E-state index is 12.3. The average Bonchev–Trinajstić information content (AvgIpc) is 2.96. The van der Waals surface area contributed by atoms with Crippen LogP contribution in [0.4, 0.5) is 4.79 Å².